The Labute approximate surface area is 157 Å². The molecule has 0 atom stereocenters. The Hall–Kier alpha value is -2.25. The minimum absolute atomic E-state index is 0.0671. The third-order valence-corrected chi connectivity index (χ3v) is 5.96. The number of esters is 1. The van der Waals surface area contributed by atoms with E-state index in [9.17, 15) is 13.2 Å². The van der Waals surface area contributed by atoms with Gasteiger partial charge in [0.05, 0.1) is 17.0 Å². The molecule has 0 spiro atoms. The van der Waals surface area contributed by atoms with Crippen molar-refractivity contribution in [3.05, 3.63) is 59.1 Å². The molecule has 0 N–H and O–H groups in total. The molecule has 1 saturated heterocycles. The molecule has 0 radical (unpaired) electrons. The number of rotatable bonds is 6. The molecule has 2 aromatic rings. The van der Waals surface area contributed by atoms with Crippen molar-refractivity contribution in [2.45, 2.75) is 6.42 Å². The van der Waals surface area contributed by atoms with E-state index in [2.05, 4.69) is 0 Å². The van der Waals surface area contributed by atoms with Crippen LogP contribution in [-0.4, -0.2) is 39.9 Å². The number of nitrogens with zero attached hydrogens (tertiary/aromatic N) is 1. The summed E-state index contributed by atoms with van der Waals surface area (Å²) in [6.07, 6.45) is 0.581. The first-order valence-electron chi connectivity index (χ1n) is 8.12. The average Bonchev–Trinajstić information content (AvgIpc) is 2.98. The molecule has 3 rings (SSSR count). The highest BCUT2D eigenvalue weighted by Gasteiger charge is 2.28. The SMILES string of the molecule is O=C(OCCOc1cccc(Cl)c1)c1cccc(N2CCCS2(=O)=O)c1. The molecule has 26 heavy (non-hydrogen) atoms. The van der Waals surface area contributed by atoms with Crippen LogP contribution in [0, 0.1) is 0 Å². The predicted molar refractivity (Wildman–Crippen MR) is 99.4 cm³/mol. The van der Waals surface area contributed by atoms with Gasteiger partial charge in [-0.25, -0.2) is 13.2 Å². The number of hydrogen-bond donors (Lipinski definition) is 0. The largest absolute Gasteiger partial charge is 0.490 e. The van der Waals surface area contributed by atoms with E-state index in [1.165, 1.54) is 10.4 Å². The Bertz CT molecular complexity index is 900. The summed E-state index contributed by atoms with van der Waals surface area (Å²) in [5, 5.41) is 0.563. The van der Waals surface area contributed by atoms with E-state index in [1.807, 2.05) is 0 Å². The molecule has 1 aliphatic heterocycles. The van der Waals surface area contributed by atoms with Gasteiger partial charge in [0.2, 0.25) is 10.0 Å². The maximum Gasteiger partial charge on any atom is 0.338 e. The fourth-order valence-electron chi connectivity index (χ4n) is 2.65. The highest BCUT2D eigenvalue weighted by Crippen LogP contribution is 2.25. The second-order valence-electron chi connectivity index (χ2n) is 5.73. The first kappa shape index (κ1) is 18.5. The first-order chi connectivity index (χ1) is 12.5. The highest BCUT2D eigenvalue weighted by atomic mass is 35.5. The quantitative estimate of drug-likeness (QED) is 0.555. The standard InChI is InChI=1S/C18H18ClNO5S/c19-15-5-2-7-17(13-15)24-9-10-25-18(21)14-4-1-6-16(12-14)20-8-3-11-26(20,22)23/h1-2,4-7,12-13H,3,8-11H2. The van der Waals surface area contributed by atoms with Gasteiger partial charge in [-0.15, -0.1) is 0 Å². The van der Waals surface area contributed by atoms with Gasteiger partial charge in [-0.3, -0.25) is 4.31 Å². The fraction of sp³-hybridized carbons (Fsp3) is 0.278. The van der Waals surface area contributed by atoms with Crippen LogP contribution in [0.25, 0.3) is 0 Å². The van der Waals surface area contributed by atoms with Crippen molar-refractivity contribution < 1.29 is 22.7 Å². The summed E-state index contributed by atoms with van der Waals surface area (Å²) >= 11 is 5.86. The Balaban J connectivity index is 1.56. The second kappa shape index (κ2) is 7.97. The molecule has 0 bridgehead atoms. The smallest absolute Gasteiger partial charge is 0.338 e. The van der Waals surface area contributed by atoms with E-state index in [-0.39, 0.29) is 19.0 Å². The van der Waals surface area contributed by atoms with E-state index in [4.69, 9.17) is 21.1 Å². The van der Waals surface area contributed by atoms with Crippen LogP contribution < -0.4 is 9.04 Å². The van der Waals surface area contributed by atoms with Crippen LogP contribution >= 0.6 is 11.6 Å². The molecule has 138 valence electrons. The normalized spacial score (nSPS) is 15.7. The zero-order valence-electron chi connectivity index (χ0n) is 13.9. The third-order valence-electron chi connectivity index (χ3n) is 3.85. The number of carbonyl (C=O) groups excluding carboxylic acids is 1. The number of sulfonamides is 1. The van der Waals surface area contributed by atoms with Crippen LogP contribution in [0.5, 0.6) is 5.75 Å². The van der Waals surface area contributed by atoms with Crippen molar-refractivity contribution in [1.29, 1.82) is 0 Å². The lowest BCUT2D eigenvalue weighted by molar-refractivity contribution is 0.0450. The van der Waals surface area contributed by atoms with Gasteiger partial charge in [0.25, 0.3) is 0 Å². The highest BCUT2D eigenvalue weighted by molar-refractivity contribution is 7.93. The first-order valence-corrected chi connectivity index (χ1v) is 10.1. The van der Waals surface area contributed by atoms with Gasteiger partial charge in [-0.2, -0.15) is 0 Å². The summed E-state index contributed by atoms with van der Waals surface area (Å²) in [5.41, 5.74) is 0.777. The molecule has 2 aromatic carbocycles. The molecule has 0 saturated carbocycles. The van der Waals surface area contributed by atoms with Crippen molar-refractivity contribution in [1.82, 2.24) is 0 Å². The van der Waals surface area contributed by atoms with Gasteiger partial charge in [-0.05, 0) is 42.8 Å². The Morgan fingerprint density at radius 3 is 2.65 bits per heavy atom. The van der Waals surface area contributed by atoms with Crippen LogP contribution in [0.2, 0.25) is 5.02 Å². The number of ether oxygens (including phenoxy) is 2. The lowest BCUT2D eigenvalue weighted by atomic mass is 10.2. The van der Waals surface area contributed by atoms with Crippen molar-refractivity contribution in [2.75, 3.05) is 29.8 Å². The van der Waals surface area contributed by atoms with Crippen LogP contribution in [0.1, 0.15) is 16.8 Å². The molecule has 8 heteroatoms. The molecular weight excluding hydrogens is 378 g/mol. The van der Waals surface area contributed by atoms with Crippen molar-refractivity contribution in [2.24, 2.45) is 0 Å². The average molecular weight is 396 g/mol. The van der Waals surface area contributed by atoms with Crippen molar-refractivity contribution >= 4 is 33.3 Å². The number of carbonyl (C=O) groups is 1. The van der Waals surface area contributed by atoms with E-state index in [0.717, 1.165) is 0 Å². The minimum Gasteiger partial charge on any atom is -0.490 e. The molecule has 0 unspecified atom stereocenters. The summed E-state index contributed by atoms with van der Waals surface area (Å²) in [5.74, 6) is 0.190. The second-order valence-corrected chi connectivity index (χ2v) is 8.18. The number of anilines is 1. The van der Waals surface area contributed by atoms with Crippen LogP contribution in [-0.2, 0) is 14.8 Å². The number of benzene rings is 2. The monoisotopic (exact) mass is 395 g/mol. The van der Waals surface area contributed by atoms with Crippen LogP contribution in [0.15, 0.2) is 48.5 Å². The third kappa shape index (κ3) is 4.47. The summed E-state index contributed by atoms with van der Waals surface area (Å²) in [4.78, 5) is 12.2. The van der Waals surface area contributed by atoms with Gasteiger partial charge >= 0.3 is 5.97 Å². The molecular formula is C18H18ClNO5S. The van der Waals surface area contributed by atoms with Crippen LogP contribution in [0.3, 0.4) is 0 Å². The van der Waals surface area contributed by atoms with Gasteiger partial charge in [0.1, 0.15) is 19.0 Å². The lowest BCUT2D eigenvalue weighted by Crippen LogP contribution is -2.25. The maximum atomic E-state index is 12.2. The Morgan fingerprint density at radius 1 is 1.12 bits per heavy atom. The zero-order valence-corrected chi connectivity index (χ0v) is 15.5. The summed E-state index contributed by atoms with van der Waals surface area (Å²) in [7, 11) is -3.29. The van der Waals surface area contributed by atoms with Crippen LogP contribution in [0.4, 0.5) is 5.69 Å². The maximum absolute atomic E-state index is 12.2. The fourth-order valence-corrected chi connectivity index (χ4v) is 4.39. The number of halogens is 1. The minimum atomic E-state index is -3.29. The van der Waals surface area contributed by atoms with Gasteiger partial charge in [-0.1, -0.05) is 23.7 Å². The molecule has 1 heterocycles. The van der Waals surface area contributed by atoms with E-state index in [1.54, 1.807) is 42.5 Å². The van der Waals surface area contributed by atoms with Gasteiger partial charge in [0.15, 0.2) is 0 Å². The van der Waals surface area contributed by atoms with Gasteiger partial charge < -0.3 is 9.47 Å². The molecule has 6 nitrogen and oxygen atoms in total. The lowest BCUT2D eigenvalue weighted by Gasteiger charge is -2.17. The topological polar surface area (TPSA) is 72.9 Å². The Kier molecular flexibility index (Phi) is 5.68. The van der Waals surface area contributed by atoms with E-state index in [0.29, 0.717) is 35.0 Å². The summed E-state index contributed by atoms with van der Waals surface area (Å²) < 4.78 is 36.0. The molecule has 1 fully saturated rings. The van der Waals surface area contributed by atoms with Gasteiger partial charge in [0, 0.05) is 11.6 Å². The number of hydrogen-bond acceptors (Lipinski definition) is 5. The van der Waals surface area contributed by atoms with Crippen molar-refractivity contribution in [3.63, 3.8) is 0 Å². The molecule has 1 aliphatic rings. The zero-order chi connectivity index (χ0) is 18.6. The predicted octanol–water partition coefficient (Wildman–Crippen LogP) is 3.12. The molecule has 0 aliphatic carbocycles. The van der Waals surface area contributed by atoms with Crippen molar-refractivity contribution in [3.8, 4) is 5.75 Å². The summed E-state index contributed by atoms with van der Waals surface area (Å²) in [6.45, 7) is 0.679. The van der Waals surface area contributed by atoms with E-state index < -0.39 is 16.0 Å². The Morgan fingerprint density at radius 2 is 1.92 bits per heavy atom. The molecule has 0 aromatic heterocycles. The summed E-state index contributed by atoms with van der Waals surface area (Å²) in [6, 6.07) is 13.4. The molecule has 0 amide bonds. The van der Waals surface area contributed by atoms with E-state index >= 15 is 0 Å².